The van der Waals surface area contributed by atoms with Crippen molar-refractivity contribution in [2.45, 2.75) is 111 Å². The van der Waals surface area contributed by atoms with Crippen LogP contribution in [0.2, 0.25) is 0 Å². The van der Waals surface area contributed by atoms with Crippen molar-refractivity contribution in [3.63, 3.8) is 0 Å². The molecule has 4 nitrogen and oxygen atoms in total. The summed E-state index contributed by atoms with van der Waals surface area (Å²) < 4.78 is 1.03. The van der Waals surface area contributed by atoms with E-state index in [4.69, 9.17) is 0 Å². The van der Waals surface area contributed by atoms with E-state index in [9.17, 15) is 9.90 Å². The van der Waals surface area contributed by atoms with Gasteiger partial charge in [-0.15, -0.1) is 0 Å². The van der Waals surface area contributed by atoms with E-state index in [-0.39, 0.29) is 12.0 Å². The van der Waals surface area contributed by atoms with Crippen LogP contribution in [0.5, 0.6) is 0 Å². The maximum absolute atomic E-state index is 12.6. The number of rotatable bonds is 9. The molecule has 0 aromatic heterocycles. The monoisotopic (exact) mass is 489 g/mol. The topological polar surface area (TPSA) is 49.3 Å². The Morgan fingerprint density at radius 1 is 1.03 bits per heavy atom. The van der Waals surface area contributed by atoms with E-state index in [0.29, 0.717) is 23.2 Å². The third-order valence-electron chi connectivity index (χ3n) is 12.3. The minimum absolute atomic E-state index is 0.0465. The Balaban J connectivity index is 1.29. The van der Waals surface area contributed by atoms with E-state index >= 15 is 0 Å². The highest BCUT2D eigenvalue weighted by atomic mass is 16.3. The Hall–Kier alpha value is -0.610. The van der Waals surface area contributed by atoms with Crippen molar-refractivity contribution in [1.29, 1.82) is 0 Å². The van der Waals surface area contributed by atoms with Crippen molar-refractivity contribution < 1.29 is 14.4 Å². The second-order valence-corrected chi connectivity index (χ2v) is 14.5. The predicted octanol–water partition coefficient (Wildman–Crippen LogP) is 6.03. The fraction of sp³-hybridized carbons (Fsp3) is 0.968. The number of hydrogen-bond acceptors (Lipinski definition) is 2. The number of quaternary nitrogens is 1. The van der Waals surface area contributed by atoms with Gasteiger partial charge in [-0.3, -0.25) is 4.79 Å². The lowest BCUT2D eigenvalue weighted by Gasteiger charge is -2.61. The molecule has 4 unspecified atom stereocenters. The van der Waals surface area contributed by atoms with Crippen LogP contribution >= 0.6 is 0 Å². The first-order valence-electron chi connectivity index (χ1n) is 15.3. The van der Waals surface area contributed by atoms with E-state index in [1.807, 2.05) is 0 Å². The maximum atomic E-state index is 12.6. The molecule has 4 saturated carbocycles. The number of hydrogen-bond donors (Lipinski definition) is 2. The highest BCUT2D eigenvalue weighted by Gasteiger charge is 2.60. The number of amides is 1. The van der Waals surface area contributed by atoms with Crippen molar-refractivity contribution in [1.82, 2.24) is 5.32 Å². The highest BCUT2D eigenvalue weighted by molar-refractivity contribution is 5.75. The van der Waals surface area contributed by atoms with Crippen molar-refractivity contribution in [2.24, 2.45) is 46.3 Å². The summed E-state index contributed by atoms with van der Waals surface area (Å²) in [4.78, 5) is 12.6. The summed E-state index contributed by atoms with van der Waals surface area (Å²) in [5, 5.41) is 13.5. The SMILES string of the molecule is CC[N+](C)(C)CCCNC(=O)CC[C@@H](C)[C@H]1CCC2C3CCC4C[C@H](O)CC[C@]4(C)C3CC[C@@]21C. The number of nitrogens with zero attached hydrogens (tertiary/aromatic N) is 1. The Labute approximate surface area is 216 Å². The van der Waals surface area contributed by atoms with Crippen LogP contribution < -0.4 is 5.32 Å². The number of aliphatic hydroxyl groups is 1. The summed E-state index contributed by atoms with van der Waals surface area (Å²) in [5.41, 5.74) is 0.939. The van der Waals surface area contributed by atoms with Gasteiger partial charge in [0.1, 0.15) is 0 Å². The molecule has 202 valence electrons. The molecule has 4 aliphatic carbocycles. The second kappa shape index (κ2) is 10.6. The Kier molecular flexibility index (Phi) is 8.33. The van der Waals surface area contributed by atoms with Crippen LogP contribution in [0, 0.1) is 46.3 Å². The minimum atomic E-state index is -0.0465. The van der Waals surface area contributed by atoms with Gasteiger partial charge in [0.2, 0.25) is 5.91 Å². The molecule has 0 aromatic carbocycles. The molecule has 0 saturated heterocycles. The van der Waals surface area contributed by atoms with Gasteiger partial charge in [-0.1, -0.05) is 20.8 Å². The lowest BCUT2D eigenvalue weighted by molar-refractivity contribution is -0.888. The molecule has 0 aliphatic heterocycles. The molecule has 4 aliphatic rings. The van der Waals surface area contributed by atoms with Gasteiger partial charge < -0.3 is 14.9 Å². The molecule has 4 fully saturated rings. The number of carbonyl (C=O) groups is 1. The largest absolute Gasteiger partial charge is 0.393 e. The third kappa shape index (κ3) is 5.49. The molecule has 0 radical (unpaired) electrons. The van der Waals surface area contributed by atoms with Gasteiger partial charge in [0.05, 0.1) is 33.3 Å². The lowest BCUT2D eigenvalue weighted by atomic mass is 9.44. The zero-order chi connectivity index (χ0) is 25.4. The zero-order valence-corrected chi connectivity index (χ0v) is 24.0. The first kappa shape index (κ1) is 27.4. The number of fused-ring (bicyclic) bond motifs is 5. The summed E-state index contributed by atoms with van der Waals surface area (Å²) in [7, 11) is 4.52. The molecule has 0 spiro atoms. The molecule has 0 heterocycles. The normalized spacial score (nSPS) is 42.0. The molecule has 2 N–H and O–H groups in total. The van der Waals surface area contributed by atoms with Crippen LogP contribution in [0.15, 0.2) is 0 Å². The van der Waals surface area contributed by atoms with Gasteiger partial charge in [-0.25, -0.2) is 0 Å². The summed E-state index contributed by atoms with van der Waals surface area (Å²) in [6, 6.07) is 0. The van der Waals surface area contributed by atoms with Crippen LogP contribution in [0.3, 0.4) is 0 Å². The quantitative estimate of drug-likeness (QED) is 0.307. The standard InChI is InChI=1S/C31H56N2O2/c1-7-33(5,6)20-8-19-32-29(35)14-9-22(2)26-12-13-27-25-11-10-23-21-24(34)15-17-30(23,3)28(25)16-18-31(26,27)4/h22-28,34H,7-21H2,1-6H3/p+1/t22-,23?,24-,25?,26-,27?,28?,30+,31-/m1/s1. The number of nitrogens with one attached hydrogen (secondary N) is 1. The van der Waals surface area contributed by atoms with Crippen molar-refractivity contribution in [3.8, 4) is 0 Å². The van der Waals surface area contributed by atoms with E-state index in [0.717, 1.165) is 79.4 Å². The smallest absolute Gasteiger partial charge is 0.220 e. The van der Waals surface area contributed by atoms with Crippen molar-refractivity contribution >= 4 is 5.91 Å². The molecule has 4 heteroatoms. The van der Waals surface area contributed by atoms with Crippen LogP contribution in [-0.4, -0.2) is 55.3 Å². The van der Waals surface area contributed by atoms with Gasteiger partial charge in [0.15, 0.2) is 0 Å². The lowest BCUT2D eigenvalue weighted by Crippen LogP contribution is -2.54. The van der Waals surface area contributed by atoms with Crippen LogP contribution in [0.25, 0.3) is 0 Å². The Morgan fingerprint density at radius 3 is 2.49 bits per heavy atom. The van der Waals surface area contributed by atoms with E-state index < -0.39 is 0 Å². The van der Waals surface area contributed by atoms with E-state index in [2.05, 4.69) is 47.1 Å². The zero-order valence-electron chi connectivity index (χ0n) is 24.0. The first-order valence-corrected chi connectivity index (χ1v) is 15.3. The average Bonchev–Trinajstić information content (AvgIpc) is 3.18. The van der Waals surface area contributed by atoms with Gasteiger partial charge >= 0.3 is 0 Å². The van der Waals surface area contributed by atoms with E-state index in [1.165, 1.54) is 44.9 Å². The number of carbonyl (C=O) groups excluding carboxylic acids is 1. The first-order chi connectivity index (χ1) is 16.5. The molecule has 0 bridgehead atoms. The summed E-state index contributed by atoms with van der Waals surface area (Å²) in [6.07, 6.45) is 14.4. The van der Waals surface area contributed by atoms with Gasteiger partial charge in [0, 0.05) is 19.4 Å². The minimum Gasteiger partial charge on any atom is -0.393 e. The summed E-state index contributed by atoms with van der Waals surface area (Å²) in [6.45, 7) is 13.0. The van der Waals surface area contributed by atoms with Gasteiger partial charge in [-0.05, 0) is 117 Å². The summed E-state index contributed by atoms with van der Waals surface area (Å²) in [5.74, 6) is 5.08. The van der Waals surface area contributed by atoms with Crippen molar-refractivity contribution in [2.75, 3.05) is 33.7 Å². The molecule has 1 amide bonds. The van der Waals surface area contributed by atoms with Crippen LogP contribution in [-0.2, 0) is 4.79 Å². The summed E-state index contributed by atoms with van der Waals surface area (Å²) >= 11 is 0. The Morgan fingerprint density at radius 2 is 1.74 bits per heavy atom. The maximum Gasteiger partial charge on any atom is 0.220 e. The highest BCUT2D eigenvalue weighted by Crippen LogP contribution is 2.68. The molecular formula is C31H57N2O2+. The fourth-order valence-corrected chi connectivity index (χ4v) is 9.75. The molecule has 0 aromatic rings. The van der Waals surface area contributed by atoms with Crippen LogP contribution in [0.1, 0.15) is 105 Å². The molecule has 9 atom stereocenters. The van der Waals surface area contributed by atoms with Crippen LogP contribution in [0.4, 0.5) is 0 Å². The molecule has 4 rings (SSSR count). The molecular weight excluding hydrogens is 432 g/mol. The van der Waals surface area contributed by atoms with E-state index in [1.54, 1.807) is 0 Å². The third-order valence-corrected chi connectivity index (χ3v) is 12.3. The number of aliphatic hydroxyl groups excluding tert-OH is 1. The molecule has 35 heavy (non-hydrogen) atoms. The predicted molar refractivity (Wildman–Crippen MR) is 145 cm³/mol. The average molecular weight is 490 g/mol. The second-order valence-electron chi connectivity index (χ2n) is 14.5. The van der Waals surface area contributed by atoms with Gasteiger partial charge in [-0.2, -0.15) is 0 Å². The Bertz CT molecular complexity index is 737. The van der Waals surface area contributed by atoms with Crippen molar-refractivity contribution in [3.05, 3.63) is 0 Å². The fourth-order valence-electron chi connectivity index (χ4n) is 9.75. The van der Waals surface area contributed by atoms with Gasteiger partial charge in [0.25, 0.3) is 0 Å².